The Balaban J connectivity index is 1.26. The Kier molecular flexibility index (Phi) is 6.78. The van der Waals surface area contributed by atoms with E-state index in [0.717, 1.165) is 9.91 Å². The van der Waals surface area contributed by atoms with E-state index in [2.05, 4.69) is 0 Å². The van der Waals surface area contributed by atoms with Crippen molar-refractivity contribution in [3.05, 3.63) is 79.1 Å². The molecule has 0 aliphatic carbocycles. The van der Waals surface area contributed by atoms with Gasteiger partial charge in [-0.15, -0.1) is 11.3 Å². The number of carbonyl (C=O) groups is 3. The zero-order chi connectivity index (χ0) is 26.3. The summed E-state index contributed by atoms with van der Waals surface area (Å²) in [7, 11) is 0. The predicted octanol–water partition coefficient (Wildman–Crippen LogP) is 5.15. The summed E-state index contributed by atoms with van der Waals surface area (Å²) in [5, 5.41) is 14.1. The van der Waals surface area contributed by atoms with E-state index in [9.17, 15) is 24.5 Å². The molecule has 2 aliphatic rings. The van der Waals surface area contributed by atoms with Crippen molar-refractivity contribution in [2.75, 3.05) is 13.1 Å². The van der Waals surface area contributed by atoms with Gasteiger partial charge in [0, 0.05) is 36.0 Å². The first-order valence-electron chi connectivity index (χ1n) is 12.0. The molecule has 1 fully saturated rings. The summed E-state index contributed by atoms with van der Waals surface area (Å²) in [4.78, 5) is 57.5. The normalized spacial score (nSPS) is 16.7. The van der Waals surface area contributed by atoms with Gasteiger partial charge in [-0.1, -0.05) is 36.7 Å². The van der Waals surface area contributed by atoms with E-state index in [-0.39, 0.29) is 22.5 Å². The van der Waals surface area contributed by atoms with Gasteiger partial charge in [-0.2, -0.15) is 0 Å². The number of nitrogens with zero attached hydrogens (tertiary/aromatic N) is 4. The third-order valence-corrected chi connectivity index (χ3v) is 8.25. The van der Waals surface area contributed by atoms with E-state index >= 15 is 0 Å². The largest absolute Gasteiger partial charge is 0.341 e. The van der Waals surface area contributed by atoms with Gasteiger partial charge in [-0.3, -0.25) is 29.4 Å². The van der Waals surface area contributed by atoms with Crippen LogP contribution in [0.3, 0.4) is 0 Å². The molecule has 0 saturated carbocycles. The topological polar surface area (TPSA) is 114 Å². The maximum atomic E-state index is 13.4. The highest BCUT2D eigenvalue weighted by molar-refractivity contribution is 7.10. The smallest absolute Gasteiger partial charge is 0.288 e. The molecule has 3 aromatic rings. The van der Waals surface area contributed by atoms with Crippen molar-refractivity contribution in [2.24, 2.45) is 0 Å². The summed E-state index contributed by atoms with van der Waals surface area (Å²) in [6.07, 6.45) is 1.73. The quantitative estimate of drug-likeness (QED) is 0.243. The fraction of sp³-hybridized carbons (Fsp3) is 0.308. The van der Waals surface area contributed by atoms with Crippen LogP contribution in [0.15, 0.2) is 47.8 Å². The SMILES string of the molecule is CCC(C(=O)N1CCC(c2nc(-c3ccc(Cl)c([N+](=O)[O-])c3)cs2)CC1)N1C(=O)c2ccccc2C1=O. The molecular formula is C26H23ClN4O5S. The lowest BCUT2D eigenvalue weighted by atomic mass is 9.96. The molecule has 190 valence electrons. The molecule has 1 atom stereocenters. The third-order valence-electron chi connectivity index (χ3n) is 6.93. The van der Waals surface area contributed by atoms with Gasteiger partial charge < -0.3 is 4.90 Å². The monoisotopic (exact) mass is 538 g/mol. The molecule has 1 saturated heterocycles. The predicted molar refractivity (Wildman–Crippen MR) is 139 cm³/mol. The van der Waals surface area contributed by atoms with Crippen molar-refractivity contribution >= 4 is 46.3 Å². The zero-order valence-corrected chi connectivity index (χ0v) is 21.5. The number of benzene rings is 2. The van der Waals surface area contributed by atoms with Gasteiger partial charge in [-0.25, -0.2) is 4.98 Å². The lowest BCUT2D eigenvalue weighted by Crippen LogP contribution is -2.52. The Morgan fingerprint density at radius 2 is 1.81 bits per heavy atom. The molecule has 1 unspecified atom stereocenters. The molecule has 37 heavy (non-hydrogen) atoms. The summed E-state index contributed by atoms with van der Waals surface area (Å²) in [5.41, 5.74) is 1.78. The van der Waals surface area contributed by atoms with Gasteiger partial charge in [0.15, 0.2) is 0 Å². The number of amides is 3. The van der Waals surface area contributed by atoms with Crippen molar-refractivity contribution in [1.29, 1.82) is 0 Å². The Bertz CT molecular complexity index is 1380. The summed E-state index contributed by atoms with van der Waals surface area (Å²) in [5.74, 6) is -0.921. The molecule has 11 heteroatoms. The molecule has 2 aliphatic heterocycles. The van der Waals surface area contributed by atoms with E-state index in [4.69, 9.17) is 16.6 Å². The first kappa shape index (κ1) is 25.0. The molecule has 3 heterocycles. The van der Waals surface area contributed by atoms with Crippen LogP contribution in [0.5, 0.6) is 0 Å². The minimum absolute atomic E-state index is 0.0767. The molecule has 9 nitrogen and oxygen atoms in total. The number of nitro benzene ring substituents is 1. The van der Waals surface area contributed by atoms with Crippen LogP contribution < -0.4 is 0 Å². The van der Waals surface area contributed by atoms with Crippen LogP contribution in [0.4, 0.5) is 5.69 Å². The number of fused-ring (bicyclic) bond motifs is 1. The third kappa shape index (κ3) is 4.51. The standard InChI is InChI=1S/C26H23ClN4O5S/c1-2-21(30-24(32)17-5-3-4-6-18(17)25(30)33)26(34)29-11-9-15(10-12-29)23-28-20(14-37-23)16-7-8-19(27)22(13-16)31(35)36/h3-8,13-15,21H,2,9-12H2,1H3. The zero-order valence-electron chi connectivity index (χ0n) is 19.9. The first-order chi connectivity index (χ1) is 17.8. The fourth-order valence-corrected chi connectivity index (χ4v) is 6.12. The minimum atomic E-state index is -0.837. The lowest BCUT2D eigenvalue weighted by Gasteiger charge is -2.35. The molecule has 1 aromatic heterocycles. The second-order valence-electron chi connectivity index (χ2n) is 9.04. The highest BCUT2D eigenvalue weighted by atomic mass is 35.5. The minimum Gasteiger partial charge on any atom is -0.341 e. The number of carbonyl (C=O) groups excluding carboxylic acids is 3. The van der Waals surface area contributed by atoms with E-state index < -0.39 is 22.8 Å². The lowest BCUT2D eigenvalue weighted by molar-refractivity contribution is -0.384. The second-order valence-corrected chi connectivity index (χ2v) is 10.3. The Morgan fingerprint density at radius 3 is 2.41 bits per heavy atom. The molecule has 0 radical (unpaired) electrons. The molecule has 0 spiro atoms. The number of nitro groups is 1. The number of halogens is 1. The van der Waals surface area contributed by atoms with Crippen LogP contribution in [0.2, 0.25) is 5.02 Å². The van der Waals surface area contributed by atoms with Crippen molar-refractivity contribution in [3.63, 3.8) is 0 Å². The Labute approximate surface area is 221 Å². The van der Waals surface area contributed by atoms with Crippen LogP contribution >= 0.6 is 22.9 Å². The Hall–Kier alpha value is -3.63. The van der Waals surface area contributed by atoms with Crippen molar-refractivity contribution in [1.82, 2.24) is 14.8 Å². The number of hydrogen-bond acceptors (Lipinski definition) is 7. The van der Waals surface area contributed by atoms with E-state index in [0.29, 0.717) is 54.7 Å². The molecule has 0 N–H and O–H groups in total. The van der Waals surface area contributed by atoms with Crippen LogP contribution in [-0.4, -0.2) is 56.6 Å². The number of rotatable bonds is 6. The number of piperidine rings is 1. The average molecular weight is 539 g/mol. The van der Waals surface area contributed by atoms with Crippen LogP contribution in [0.25, 0.3) is 11.3 Å². The van der Waals surface area contributed by atoms with Crippen molar-refractivity contribution < 1.29 is 19.3 Å². The summed E-state index contributed by atoms with van der Waals surface area (Å²) in [6, 6.07) is 10.4. The van der Waals surface area contributed by atoms with Gasteiger partial charge in [0.05, 0.1) is 26.8 Å². The van der Waals surface area contributed by atoms with Crippen LogP contribution in [-0.2, 0) is 4.79 Å². The number of thiazole rings is 1. The molecule has 3 amide bonds. The Morgan fingerprint density at radius 1 is 1.16 bits per heavy atom. The number of imide groups is 1. The van der Waals surface area contributed by atoms with Gasteiger partial charge in [0.25, 0.3) is 17.5 Å². The number of likely N-dealkylation sites (tertiary alicyclic amines) is 1. The maximum absolute atomic E-state index is 13.4. The first-order valence-corrected chi connectivity index (χ1v) is 13.2. The number of hydrogen-bond donors (Lipinski definition) is 0. The highest BCUT2D eigenvalue weighted by Crippen LogP contribution is 2.36. The summed E-state index contributed by atoms with van der Waals surface area (Å²) in [6.45, 7) is 2.78. The highest BCUT2D eigenvalue weighted by Gasteiger charge is 2.43. The van der Waals surface area contributed by atoms with E-state index in [1.807, 2.05) is 5.38 Å². The molecular weight excluding hydrogens is 516 g/mol. The van der Waals surface area contributed by atoms with E-state index in [1.54, 1.807) is 42.2 Å². The molecule has 5 rings (SSSR count). The molecule has 0 bridgehead atoms. The van der Waals surface area contributed by atoms with Crippen molar-refractivity contribution in [2.45, 2.75) is 38.1 Å². The van der Waals surface area contributed by atoms with Crippen molar-refractivity contribution in [3.8, 4) is 11.3 Å². The number of aromatic nitrogens is 1. The van der Waals surface area contributed by atoms with Gasteiger partial charge in [-0.05, 0) is 37.5 Å². The second kappa shape index (κ2) is 10.0. The van der Waals surface area contributed by atoms with Gasteiger partial charge in [0.1, 0.15) is 11.1 Å². The average Bonchev–Trinajstić information content (AvgIpc) is 3.49. The van der Waals surface area contributed by atoms with Gasteiger partial charge in [0.2, 0.25) is 5.91 Å². The van der Waals surface area contributed by atoms with Crippen LogP contribution in [0, 0.1) is 10.1 Å². The summed E-state index contributed by atoms with van der Waals surface area (Å²) < 4.78 is 0. The maximum Gasteiger partial charge on any atom is 0.288 e. The van der Waals surface area contributed by atoms with Crippen LogP contribution in [0.1, 0.15) is 57.8 Å². The molecule has 2 aromatic carbocycles. The summed E-state index contributed by atoms with van der Waals surface area (Å²) >= 11 is 7.42. The van der Waals surface area contributed by atoms with Gasteiger partial charge >= 0.3 is 0 Å². The van der Waals surface area contributed by atoms with E-state index in [1.165, 1.54) is 23.5 Å². The fourth-order valence-electron chi connectivity index (χ4n) is 4.94.